The average molecular weight is 271 g/mol. The van der Waals surface area contributed by atoms with Gasteiger partial charge < -0.3 is 14.8 Å². The summed E-state index contributed by atoms with van der Waals surface area (Å²) in [5.41, 5.74) is 0.0835. The Hall–Kier alpha value is -0.120. The van der Waals surface area contributed by atoms with Crippen LogP contribution < -0.4 is 5.32 Å². The molecule has 1 aliphatic rings. The van der Waals surface area contributed by atoms with Crippen molar-refractivity contribution in [2.24, 2.45) is 5.92 Å². The van der Waals surface area contributed by atoms with Crippen molar-refractivity contribution in [1.29, 1.82) is 0 Å². The van der Waals surface area contributed by atoms with Gasteiger partial charge in [0.25, 0.3) is 0 Å². The molecule has 0 heterocycles. The minimum atomic E-state index is -0.0606. The number of hydrogen-bond donors (Lipinski definition) is 1. The minimum Gasteiger partial charge on any atom is -0.373 e. The monoisotopic (exact) mass is 271 g/mol. The molecule has 19 heavy (non-hydrogen) atoms. The number of ether oxygens (including phenoxy) is 2. The first-order valence-electron chi connectivity index (χ1n) is 7.82. The van der Waals surface area contributed by atoms with Gasteiger partial charge in [-0.15, -0.1) is 0 Å². The fourth-order valence-electron chi connectivity index (χ4n) is 2.35. The summed E-state index contributed by atoms with van der Waals surface area (Å²) in [7, 11) is 0. The molecule has 0 atom stereocenters. The third kappa shape index (κ3) is 7.28. The molecular weight excluding hydrogens is 238 g/mol. The molecule has 1 fully saturated rings. The van der Waals surface area contributed by atoms with Gasteiger partial charge in [-0.1, -0.05) is 13.8 Å². The van der Waals surface area contributed by atoms with Gasteiger partial charge in [0.1, 0.15) is 0 Å². The van der Waals surface area contributed by atoms with E-state index in [2.05, 4.69) is 39.9 Å². The van der Waals surface area contributed by atoms with E-state index >= 15 is 0 Å². The SMILES string of the molecule is CC(C)CNCCC1(OCCOC(C)(C)C)CCC1. The molecular formula is C16H33NO2. The maximum atomic E-state index is 6.10. The van der Waals surface area contributed by atoms with E-state index < -0.39 is 0 Å². The van der Waals surface area contributed by atoms with Gasteiger partial charge in [0, 0.05) is 0 Å². The van der Waals surface area contributed by atoms with Crippen LogP contribution in [0.25, 0.3) is 0 Å². The highest BCUT2D eigenvalue weighted by molar-refractivity contribution is 4.90. The number of rotatable bonds is 9. The second-order valence-corrected chi connectivity index (χ2v) is 7.19. The van der Waals surface area contributed by atoms with Crippen LogP contribution in [0.2, 0.25) is 0 Å². The van der Waals surface area contributed by atoms with Crippen molar-refractivity contribution in [3.63, 3.8) is 0 Å². The lowest BCUT2D eigenvalue weighted by Crippen LogP contribution is -2.43. The number of hydrogen-bond acceptors (Lipinski definition) is 3. The van der Waals surface area contributed by atoms with Crippen LogP contribution in [0.5, 0.6) is 0 Å². The number of nitrogens with one attached hydrogen (secondary N) is 1. The molecule has 1 saturated carbocycles. The Morgan fingerprint density at radius 3 is 2.32 bits per heavy atom. The molecule has 1 rings (SSSR count). The molecule has 0 aromatic rings. The summed E-state index contributed by atoms with van der Waals surface area (Å²) in [6.07, 6.45) is 4.87. The minimum absolute atomic E-state index is 0.0606. The zero-order valence-electron chi connectivity index (χ0n) is 13.6. The van der Waals surface area contributed by atoms with E-state index in [-0.39, 0.29) is 11.2 Å². The molecule has 0 aliphatic heterocycles. The third-order valence-corrected chi connectivity index (χ3v) is 3.60. The van der Waals surface area contributed by atoms with Gasteiger partial charge in [0.05, 0.1) is 24.4 Å². The Morgan fingerprint density at radius 2 is 1.84 bits per heavy atom. The van der Waals surface area contributed by atoms with Crippen molar-refractivity contribution < 1.29 is 9.47 Å². The Morgan fingerprint density at radius 1 is 1.16 bits per heavy atom. The molecule has 0 unspecified atom stereocenters. The predicted molar refractivity (Wildman–Crippen MR) is 80.6 cm³/mol. The zero-order chi connectivity index (χ0) is 14.4. The summed E-state index contributed by atoms with van der Waals surface area (Å²) in [5, 5.41) is 3.51. The molecule has 0 bridgehead atoms. The van der Waals surface area contributed by atoms with Crippen molar-refractivity contribution >= 4 is 0 Å². The predicted octanol–water partition coefficient (Wildman–Crippen LogP) is 3.38. The summed E-state index contributed by atoms with van der Waals surface area (Å²) in [4.78, 5) is 0. The fraction of sp³-hybridized carbons (Fsp3) is 1.00. The van der Waals surface area contributed by atoms with Gasteiger partial charge in [0.2, 0.25) is 0 Å². The summed E-state index contributed by atoms with van der Waals surface area (Å²) in [5.74, 6) is 0.721. The molecule has 114 valence electrons. The van der Waals surface area contributed by atoms with E-state index in [1.165, 1.54) is 19.3 Å². The highest BCUT2D eigenvalue weighted by Crippen LogP contribution is 2.38. The second kappa shape index (κ2) is 7.61. The highest BCUT2D eigenvalue weighted by Gasteiger charge is 2.37. The molecule has 0 aromatic heterocycles. The molecule has 0 radical (unpaired) electrons. The lowest BCUT2D eigenvalue weighted by atomic mass is 9.77. The lowest BCUT2D eigenvalue weighted by molar-refractivity contribution is -0.130. The maximum absolute atomic E-state index is 6.10. The largest absolute Gasteiger partial charge is 0.373 e. The van der Waals surface area contributed by atoms with Crippen LogP contribution in [0.1, 0.15) is 60.3 Å². The fourth-order valence-corrected chi connectivity index (χ4v) is 2.35. The van der Waals surface area contributed by atoms with Crippen LogP contribution in [0.15, 0.2) is 0 Å². The molecule has 1 N–H and O–H groups in total. The second-order valence-electron chi connectivity index (χ2n) is 7.19. The van der Waals surface area contributed by atoms with Gasteiger partial charge >= 0.3 is 0 Å². The topological polar surface area (TPSA) is 30.5 Å². The molecule has 0 spiro atoms. The third-order valence-electron chi connectivity index (χ3n) is 3.60. The van der Waals surface area contributed by atoms with E-state index in [0.717, 1.165) is 32.0 Å². The van der Waals surface area contributed by atoms with Crippen molar-refractivity contribution in [3.05, 3.63) is 0 Å². The van der Waals surface area contributed by atoms with E-state index in [1.54, 1.807) is 0 Å². The maximum Gasteiger partial charge on any atom is 0.0708 e. The van der Waals surface area contributed by atoms with Crippen LogP contribution in [-0.2, 0) is 9.47 Å². The zero-order valence-corrected chi connectivity index (χ0v) is 13.6. The van der Waals surface area contributed by atoms with Crippen LogP contribution in [0.4, 0.5) is 0 Å². The van der Waals surface area contributed by atoms with E-state index in [0.29, 0.717) is 6.61 Å². The Labute approximate surface area is 119 Å². The smallest absolute Gasteiger partial charge is 0.0708 e. The average Bonchev–Trinajstić information content (AvgIpc) is 2.23. The highest BCUT2D eigenvalue weighted by atomic mass is 16.5. The van der Waals surface area contributed by atoms with Crippen LogP contribution in [0.3, 0.4) is 0 Å². The summed E-state index contributed by atoms with van der Waals surface area (Å²) >= 11 is 0. The van der Waals surface area contributed by atoms with Crippen molar-refractivity contribution in [1.82, 2.24) is 5.32 Å². The van der Waals surface area contributed by atoms with E-state index in [9.17, 15) is 0 Å². The first-order chi connectivity index (χ1) is 8.83. The molecule has 0 saturated heterocycles. The van der Waals surface area contributed by atoms with Gasteiger partial charge in [-0.05, 0) is 65.5 Å². The van der Waals surface area contributed by atoms with Crippen molar-refractivity contribution in [3.8, 4) is 0 Å². The van der Waals surface area contributed by atoms with Crippen molar-refractivity contribution in [2.75, 3.05) is 26.3 Å². The Kier molecular flexibility index (Phi) is 6.78. The first kappa shape index (κ1) is 16.9. The lowest BCUT2D eigenvalue weighted by Gasteiger charge is -2.42. The Bertz CT molecular complexity index is 242. The van der Waals surface area contributed by atoms with Crippen molar-refractivity contribution in [2.45, 2.75) is 71.5 Å². The first-order valence-corrected chi connectivity index (χ1v) is 7.82. The normalized spacial score (nSPS) is 18.6. The molecule has 1 aliphatic carbocycles. The Balaban J connectivity index is 2.13. The van der Waals surface area contributed by atoms with E-state index in [1.807, 2.05) is 0 Å². The van der Waals surface area contributed by atoms with Gasteiger partial charge in [0.15, 0.2) is 0 Å². The van der Waals surface area contributed by atoms with Gasteiger partial charge in [-0.2, -0.15) is 0 Å². The standard InChI is InChI=1S/C16H33NO2/c1-14(2)13-17-10-9-16(7-6-8-16)19-12-11-18-15(3,4)5/h14,17H,6-13H2,1-5H3. The van der Waals surface area contributed by atoms with Crippen LogP contribution >= 0.6 is 0 Å². The van der Waals surface area contributed by atoms with Crippen LogP contribution in [-0.4, -0.2) is 37.5 Å². The quantitative estimate of drug-likeness (QED) is 0.652. The van der Waals surface area contributed by atoms with E-state index in [4.69, 9.17) is 9.47 Å². The molecule has 0 amide bonds. The van der Waals surface area contributed by atoms with Crippen LogP contribution in [0, 0.1) is 5.92 Å². The molecule has 0 aromatic carbocycles. The molecule has 3 heteroatoms. The summed E-state index contributed by atoms with van der Waals surface area (Å²) < 4.78 is 11.8. The summed E-state index contributed by atoms with van der Waals surface area (Å²) in [6, 6.07) is 0. The summed E-state index contributed by atoms with van der Waals surface area (Å²) in [6.45, 7) is 14.3. The van der Waals surface area contributed by atoms with Gasteiger partial charge in [-0.3, -0.25) is 0 Å². The molecule has 3 nitrogen and oxygen atoms in total. The van der Waals surface area contributed by atoms with Gasteiger partial charge in [-0.25, -0.2) is 0 Å².